The van der Waals surface area contributed by atoms with Crippen molar-refractivity contribution in [3.05, 3.63) is 58.6 Å². The van der Waals surface area contributed by atoms with Crippen molar-refractivity contribution in [1.29, 1.82) is 0 Å². The van der Waals surface area contributed by atoms with Crippen LogP contribution >= 0.6 is 11.6 Å². The second-order valence-electron chi connectivity index (χ2n) is 5.80. The Bertz CT molecular complexity index is 956. The number of halogens is 1. The summed E-state index contributed by atoms with van der Waals surface area (Å²) in [7, 11) is -3.46. The van der Waals surface area contributed by atoms with Gasteiger partial charge in [0.25, 0.3) is 5.91 Å². The van der Waals surface area contributed by atoms with E-state index in [2.05, 4.69) is 5.32 Å². The molecule has 6 nitrogen and oxygen atoms in total. The van der Waals surface area contributed by atoms with Gasteiger partial charge in [0.1, 0.15) is 0 Å². The second-order valence-corrected chi connectivity index (χ2v) is 8.25. The van der Waals surface area contributed by atoms with Crippen LogP contribution in [0, 0.1) is 6.92 Å². The standard InChI is InChI=1S/C18H18ClNO5S/c1-11-7-8-15(26(3,23)24)10-16(11)18(22)25-12(2)17(21)20-14-6-4-5-13(19)9-14/h4-10,12H,1-3H3,(H,20,21)/t12-/m1/s1. The molecule has 0 saturated heterocycles. The summed E-state index contributed by atoms with van der Waals surface area (Å²) < 4.78 is 28.5. The predicted molar refractivity (Wildman–Crippen MR) is 99.2 cm³/mol. The lowest BCUT2D eigenvalue weighted by molar-refractivity contribution is -0.123. The second kappa shape index (κ2) is 7.88. The van der Waals surface area contributed by atoms with Crippen LogP contribution in [0.2, 0.25) is 5.02 Å². The zero-order chi connectivity index (χ0) is 19.5. The Morgan fingerprint density at radius 3 is 2.46 bits per heavy atom. The van der Waals surface area contributed by atoms with E-state index in [1.807, 2.05) is 0 Å². The van der Waals surface area contributed by atoms with Crippen molar-refractivity contribution in [3.63, 3.8) is 0 Å². The van der Waals surface area contributed by atoms with Crippen LogP contribution < -0.4 is 5.32 Å². The summed E-state index contributed by atoms with van der Waals surface area (Å²) in [6.45, 7) is 3.08. The summed E-state index contributed by atoms with van der Waals surface area (Å²) in [5, 5.41) is 3.05. The lowest BCUT2D eigenvalue weighted by Crippen LogP contribution is -2.30. The first-order valence-electron chi connectivity index (χ1n) is 7.66. The highest BCUT2D eigenvalue weighted by atomic mass is 35.5. The molecular weight excluding hydrogens is 378 g/mol. The van der Waals surface area contributed by atoms with E-state index in [0.29, 0.717) is 16.3 Å². The van der Waals surface area contributed by atoms with E-state index in [1.165, 1.54) is 25.1 Å². The number of hydrogen-bond donors (Lipinski definition) is 1. The van der Waals surface area contributed by atoms with Gasteiger partial charge in [0.15, 0.2) is 15.9 Å². The highest BCUT2D eigenvalue weighted by Gasteiger charge is 2.21. The van der Waals surface area contributed by atoms with E-state index in [1.54, 1.807) is 31.2 Å². The van der Waals surface area contributed by atoms with Gasteiger partial charge in [0.05, 0.1) is 10.5 Å². The first-order chi connectivity index (χ1) is 12.1. The molecule has 0 aliphatic carbocycles. The van der Waals surface area contributed by atoms with E-state index >= 15 is 0 Å². The molecule has 138 valence electrons. The Balaban J connectivity index is 2.12. The molecule has 2 rings (SSSR count). The maximum absolute atomic E-state index is 12.3. The van der Waals surface area contributed by atoms with Gasteiger partial charge in [-0.15, -0.1) is 0 Å². The molecule has 0 spiro atoms. The molecule has 0 unspecified atom stereocenters. The number of anilines is 1. The summed E-state index contributed by atoms with van der Waals surface area (Å²) in [5.41, 5.74) is 1.11. The zero-order valence-electron chi connectivity index (χ0n) is 14.4. The summed E-state index contributed by atoms with van der Waals surface area (Å²) in [4.78, 5) is 24.5. The Morgan fingerprint density at radius 1 is 1.15 bits per heavy atom. The lowest BCUT2D eigenvalue weighted by Gasteiger charge is -2.15. The van der Waals surface area contributed by atoms with E-state index in [-0.39, 0.29) is 10.5 Å². The number of ether oxygens (including phenoxy) is 1. The number of sulfone groups is 1. The van der Waals surface area contributed by atoms with Crippen molar-refractivity contribution in [2.24, 2.45) is 0 Å². The predicted octanol–water partition coefficient (Wildman–Crippen LogP) is 3.24. The molecule has 0 aliphatic heterocycles. The quantitative estimate of drug-likeness (QED) is 0.785. The molecule has 0 aliphatic rings. The first-order valence-corrected chi connectivity index (χ1v) is 9.93. The van der Waals surface area contributed by atoms with Gasteiger partial charge in [-0.05, 0) is 49.7 Å². The highest BCUT2D eigenvalue weighted by Crippen LogP contribution is 2.18. The normalized spacial score (nSPS) is 12.3. The van der Waals surface area contributed by atoms with Gasteiger partial charge in [-0.2, -0.15) is 0 Å². The van der Waals surface area contributed by atoms with Crippen LogP contribution in [-0.4, -0.2) is 32.7 Å². The van der Waals surface area contributed by atoms with Crippen molar-refractivity contribution in [2.45, 2.75) is 24.8 Å². The maximum atomic E-state index is 12.3. The van der Waals surface area contributed by atoms with Gasteiger partial charge < -0.3 is 10.1 Å². The van der Waals surface area contributed by atoms with E-state index < -0.39 is 27.8 Å². The minimum Gasteiger partial charge on any atom is -0.449 e. The number of carbonyl (C=O) groups excluding carboxylic acids is 2. The molecule has 26 heavy (non-hydrogen) atoms. The number of nitrogens with one attached hydrogen (secondary N) is 1. The molecule has 8 heteroatoms. The van der Waals surface area contributed by atoms with Crippen LogP contribution in [-0.2, 0) is 19.4 Å². The molecule has 1 amide bonds. The molecule has 1 N–H and O–H groups in total. The van der Waals surface area contributed by atoms with Crippen LogP contribution in [0.5, 0.6) is 0 Å². The van der Waals surface area contributed by atoms with Crippen molar-refractivity contribution in [3.8, 4) is 0 Å². The average molecular weight is 396 g/mol. The third kappa shape index (κ3) is 5.06. The molecule has 0 fully saturated rings. The number of hydrogen-bond acceptors (Lipinski definition) is 5. The summed E-state index contributed by atoms with van der Waals surface area (Å²) >= 11 is 5.86. The van der Waals surface area contributed by atoms with Gasteiger partial charge in [-0.3, -0.25) is 4.79 Å². The fraction of sp³-hybridized carbons (Fsp3) is 0.222. The Morgan fingerprint density at radius 2 is 1.85 bits per heavy atom. The molecule has 1 atom stereocenters. The van der Waals surface area contributed by atoms with Gasteiger partial charge in [-0.25, -0.2) is 13.2 Å². The van der Waals surface area contributed by atoms with Crippen molar-refractivity contribution < 1.29 is 22.7 Å². The Labute approximate surface area is 157 Å². The SMILES string of the molecule is Cc1ccc(S(C)(=O)=O)cc1C(=O)O[C@H](C)C(=O)Nc1cccc(Cl)c1. The van der Waals surface area contributed by atoms with Gasteiger partial charge in [-0.1, -0.05) is 23.7 Å². The lowest BCUT2D eigenvalue weighted by atomic mass is 10.1. The maximum Gasteiger partial charge on any atom is 0.339 e. The smallest absolute Gasteiger partial charge is 0.339 e. The number of esters is 1. The molecule has 2 aromatic rings. The van der Waals surface area contributed by atoms with Crippen LogP contribution in [0.15, 0.2) is 47.4 Å². The first kappa shape index (κ1) is 19.9. The largest absolute Gasteiger partial charge is 0.449 e. The molecule has 0 saturated carbocycles. The summed E-state index contributed by atoms with van der Waals surface area (Å²) in [6, 6.07) is 10.7. The fourth-order valence-electron chi connectivity index (χ4n) is 2.14. The summed E-state index contributed by atoms with van der Waals surface area (Å²) in [6.07, 6.45) is -0.0313. The zero-order valence-corrected chi connectivity index (χ0v) is 16.0. The third-order valence-electron chi connectivity index (χ3n) is 3.60. The molecular formula is C18H18ClNO5S. The van der Waals surface area contributed by atoms with Gasteiger partial charge in [0.2, 0.25) is 0 Å². The van der Waals surface area contributed by atoms with Crippen molar-refractivity contribution >= 4 is 39.0 Å². The minimum atomic E-state index is -3.46. The number of amides is 1. The van der Waals surface area contributed by atoms with Crippen molar-refractivity contribution in [2.75, 3.05) is 11.6 Å². The average Bonchev–Trinajstić information content (AvgIpc) is 2.53. The van der Waals surface area contributed by atoms with Crippen LogP contribution in [0.25, 0.3) is 0 Å². The molecule has 0 heterocycles. The molecule has 0 aromatic heterocycles. The van der Waals surface area contributed by atoms with Crippen molar-refractivity contribution in [1.82, 2.24) is 0 Å². The third-order valence-corrected chi connectivity index (χ3v) is 4.95. The summed E-state index contributed by atoms with van der Waals surface area (Å²) in [5.74, 6) is -1.31. The number of carbonyl (C=O) groups is 2. The van der Waals surface area contributed by atoms with Crippen LogP contribution in [0.1, 0.15) is 22.8 Å². The van der Waals surface area contributed by atoms with Gasteiger partial charge >= 0.3 is 5.97 Å². The van der Waals surface area contributed by atoms with E-state index in [4.69, 9.17) is 16.3 Å². The monoisotopic (exact) mass is 395 g/mol. The molecule has 2 aromatic carbocycles. The number of benzene rings is 2. The van der Waals surface area contributed by atoms with Gasteiger partial charge in [0, 0.05) is 17.0 Å². The molecule has 0 radical (unpaired) electrons. The van der Waals surface area contributed by atoms with Crippen LogP contribution in [0.4, 0.5) is 5.69 Å². The topological polar surface area (TPSA) is 89.5 Å². The molecule has 0 bridgehead atoms. The number of rotatable bonds is 5. The number of aryl methyl sites for hydroxylation is 1. The fourth-order valence-corrected chi connectivity index (χ4v) is 2.98. The Kier molecular flexibility index (Phi) is 6.05. The Hall–Kier alpha value is -2.38. The van der Waals surface area contributed by atoms with E-state index in [0.717, 1.165) is 6.26 Å². The highest BCUT2D eigenvalue weighted by molar-refractivity contribution is 7.90. The minimum absolute atomic E-state index is 0.00563. The van der Waals surface area contributed by atoms with Crippen LogP contribution in [0.3, 0.4) is 0 Å². The van der Waals surface area contributed by atoms with E-state index in [9.17, 15) is 18.0 Å².